The molecule has 2 N–H and O–H groups in total. The van der Waals surface area contributed by atoms with E-state index in [1.807, 2.05) is 0 Å². The van der Waals surface area contributed by atoms with Gasteiger partial charge in [0.1, 0.15) is 0 Å². The number of piperidine rings is 1. The lowest BCUT2D eigenvalue weighted by atomic mass is 10.0. The minimum absolute atomic E-state index is 0.543. The maximum absolute atomic E-state index is 5.59. The van der Waals surface area contributed by atoms with Gasteiger partial charge >= 0.3 is 0 Å². The standard InChI is InChI=1S/C12H21N5/c1-3-17-6-4-11(5-7-17)16(2)12-14-8-10(13)9-15-12/h8-9,11H,3-7,13H2,1-2H3. The van der Waals surface area contributed by atoms with Gasteiger partial charge in [-0.2, -0.15) is 0 Å². The SMILES string of the molecule is CCN1CCC(N(C)c2ncc(N)cn2)CC1. The topological polar surface area (TPSA) is 58.3 Å². The quantitative estimate of drug-likeness (QED) is 0.846. The molecular formula is C12H21N5. The molecule has 0 aliphatic carbocycles. The predicted molar refractivity (Wildman–Crippen MR) is 70.0 cm³/mol. The van der Waals surface area contributed by atoms with Gasteiger partial charge in [-0.25, -0.2) is 9.97 Å². The van der Waals surface area contributed by atoms with Crippen molar-refractivity contribution >= 4 is 11.6 Å². The minimum Gasteiger partial charge on any atom is -0.396 e. The molecule has 1 saturated heterocycles. The second kappa shape index (κ2) is 5.31. The summed E-state index contributed by atoms with van der Waals surface area (Å²) in [4.78, 5) is 13.2. The molecule has 0 bridgehead atoms. The highest BCUT2D eigenvalue weighted by molar-refractivity contribution is 5.38. The Bertz CT molecular complexity index is 342. The number of nitrogens with two attached hydrogens (primary N) is 1. The summed E-state index contributed by atoms with van der Waals surface area (Å²) >= 11 is 0. The van der Waals surface area contributed by atoms with Gasteiger partial charge in [0.2, 0.25) is 5.95 Å². The summed E-state index contributed by atoms with van der Waals surface area (Å²) in [6.07, 6.45) is 5.69. The highest BCUT2D eigenvalue weighted by Crippen LogP contribution is 2.18. The van der Waals surface area contributed by atoms with Crippen LogP contribution in [0.25, 0.3) is 0 Å². The highest BCUT2D eigenvalue weighted by Gasteiger charge is 2.22. The van der Waals surface area contributed by atoms with Crippen LogP contribution in [0.2, 0.25) is 0 Å². The van der Waals surface area contributed by atoms with Crippen LogP contribution < -0.4 is 10.6 Å². The molecule has 0 amide bonds. The molecule has 1 aliphatic rings. The first kappa shape index (κ1) is 12.1. The normalized spacial score (nSPS) is 18.2. The molecule has 0 unspecified atom stereocenters. The van der Waals surface area contributed by atoms with Crippen molar-refractivity contribution in [3.05, 3.63) is 12.4 Å². The van der Waals surface area contributed by atoms with Crippen LogP contribution in [-0.4, -0.2) is 47.6 Å². The summed E-state index contributed by atoms with van der Waals surface area (Å²) in [7, 11) is 2.07. The summed E-state index contributed by atoms with van der Waals surface area (Å²) < 4.78 is 0. The van der Waals surface area contributed by atoms with E-state index in [2.05, 4.69) is 33.7 Å². The van der Waals surface area contributed by atoms with E-state index in [1.165, 1.54) is 25.9 Å². The summed E-state index contributed by atoms with van der Waals surface area (Å²) in [5, 5.41) is 0. The van der Waals surface area contributed by atoms with E-state index in [1.54, 1.807) is 12.4 Å². The van der Waals surface area contributed by atoms with Gasteiger partial charge in [0.05, 0.1) is 18.1 Å². The van der Waals surface area contributed by atoms with E-state index in [-0.39, 0.29) is 0 Å². The Hall–Kier alpha value is -1.36. The zero-order chi connectivity index (χ0) is 12.3. The molecule has 2 rings (SSSR count). The van der Waals surface area contributed by atoms with Crippen LogP contribution in [0.3, 0.4) is 0 Å². The molecule has 17 heavy (non-hydrogen) atoms. The van der Waals surface area contributed by atoms with Crippen molar-refractivity contribution in [3.63, 3.8) is 0 Å². The lowest BCUT2D eigenvalue weighted by molar-refractivity contribution is 0.220. The van der Waals surface area contributed by atoms with E-state index in [0.717, 1.165) is 12.5 Å². The van der Waals surface area contributed by atoms with E-state index < -0.39 is 0 Å². The van der Waals surface area contributed by atoms with Gasteiger partial charge < -0.3 is 15.5 Å². The third-order valence-corrected chi connectivity index (χ3v) is 3.53. The first-order valence-corrected chi connectivity index (χ1v) is 6.23. The molecule has 5 heteroatoms. The summed E-state index contributed by atoms with van der Waals surface area (Å²) in [5.74, 6) is 0.772. The molecule has 1 aromatic heterocycles. The average Bonchev–Trinajstić information content (AvgIpc) is 2.39. The molecule has 5 nitrogen and oxygen atoms in total. The Morgan fingerprint density at radius 1 is 1.35 bits per heavy atom. The summed E-state index contributed by atoms with van der Waals surface area (Å²) in [5.41, 5.74) is 6.21. The molecule has 94 valence electrons. The maximum Gasteiger partial charge on any atom is 0.225 e. The molecule has 1 aromatic rings. The van der Waals surface area contributed by atoms with Crippen molar-refractivity contribution < 1.29 is 0 Å². The number of rotatable bonds is 3. The first-order chi connectivity index (χ1) is 8.20. The van der Waals surface area contributed by atoms with Crippen LogP contribution in [0.5, 0.6) is 0 Å². The molecule has 0 radical (unpaired) electrons. The highest BCUT2D eigenvalue weighted by atomic mass is 15.3. The molecule has 2 heterocycles. The second-order valence-electron chi connectivity index (χ2n) is 4.59. The molecule has 0 spiro atoms. The van der Waals surface area contributed by atoms with Crippen molar-refractivity contribution in [3.8, 4) is 0 Å². The van der Waals surface area contributed by atoms with Crippen molar-refractivity contribution in [1.29, 1.82) is 0 Å². The van der Waals surface area contributed by atoms with Crippen molar-refractivity contribution in [2.45, 2.75) is 25.8 Å². The van der Waals surface area contributed by atoms with E-state index in [0.29, 0.717) is 11.7 Å². The molecule has 0 aromatic carbocycles. The average molecular weight is 235 g/mol. The van der Waals surface area contributed by atoms with Crippen molar-refractivity contribution in [2.75, 3.05) is 37.3 Å². The Labute approximate surface area is 103 Å². The monoisotopic (exact) mass is 235 g/mol. The second-order valence-corrected chi connectivity index (χ2v) is 4.59. The lowest BCUT2D eigenvalue weighted by Gasteiger charge is -2.36. The van der Waals surface area contributed by atoms with Crippen LogP contribution in [0.4, 0.5) is 11.6 Å². The smallest absolute Gasteiger partial charge is 0.225 e. The van der Waals surface area contributed by atoms with Crippen LogP contribution in [0.15, 0.2) is 12.4 Å². The van der Waals surface area contributed by atoms with Gasteiger partial charge in [-0.05, 0) is 19.4 Å². The zero-order valence-electron chi connectivity index (χ0n) is 10.6. The van der Waals surface area contributed by atoms with Crippen LogP contribution in [0.1, 0.15) is 19.8 Å². The van der Waals surface area contributed by atoms with Gasteiger partial charge in [-0.15, -0.1) is 0 Å². The third-order valence-electron chi connectivity index (χ3n) is 3.53. The zero-order valence-corrected chi connectivity index (χ0v) is 10.6. The fourth-order valence-corrected chi connectivity index (χ4v) is 2.30. The lowest BCUT2D eigenvalue weighted by Crippen LogP contribution is -2.43. The van der Waals surface area contributed by atoms with Gasteiger partial charge in [-0.3, -0.25) is 0 Å². The Morgan fingerprint density at radius 2 is 1.94 bits per heavy atom. The summed E-state index contributed by atoms with van der Waals surface area (Å²) in [6, 6.07) is 0.543. The Balaban J connectivity index is 1.96. The Morgan fingerprint density at radius 3 is 2.47 bits per heavy atom. The maximum atomic E-state index is 5.59. The fraction of sp³-hybridized carbons (Fsp3) is 0.667. The van der Waals surface area contributed by atoms with Gasteiger partial charge in [0.25, 0.3) is 0 Å². The number of aromatic nitrogens is 2. The number of hydrogen-bond acceptors (Lipinski definition) is 5. The molecule has 1 aliphatic heterocycles. The predicted octanol–water partition coefficient (Wildman–Crippen LogP) is 0.979. The van der Waals surface area contributed by atoms with Gasteiger partial charge in [-0.1, -0.05) is 6.92 Å². The minimum atomic E-state index is 0.543. The molecular weight excluding hydrogens is 214 g/mol. The number of nitrogens with zero attached hydrogens (tertiary/aromatic N) is 4. The van der Waals surface area contributed by atoms with Crippen LogP contribution >= 0.6 is 0 Å². The third kappa shape index (κ3) is 2.85. The van der Waals surface area contributed by atoms with E-state index >= 15 is 0 Å². The number of hydrogen-bond donors (Lipinski definition) is 1. The van der Waals surface area contributed by atoms with Crippen LogP contribution in [-0.2, 0) is 0 Å². The molecule has 0 saturated carbocycles. The van der Waals surface area contributed by atoms with Crippen LogP contribution in [0, 0.1) is 0 Å². The Kier molecular flexibility index (Phi) is 3.78. The van der Waals surface area contributed by atoms with Crippen molar-refractivity contribution in [1.82, 2.24) is 14.9 Å². The number of anilines is 2. The largest absolute Gasteiger partial charge is 0.396 e. The number of likely N-dealkylation sites (tertiary alicyclic amines) is 1. The fourth-order valence-electron chi connectivity index (χ4n) is 2.30. The van der Waals surface area contributed by atoms with Gasteiger partial charge in [0.15, 0.2) is 0 Å². The summed E-state index contributed by atoms with van der Waals surface area (Å²) in [6.45, 7) is 5.70. The van der Waals surface area contributed by atoms with Gasteiger partial charge in [0, 0.05) is 26.2 Å². The molecule has 1 fully saturated rings. The van der Waals surface area contributed by atoms with E-state index in [9.17, 15) is 0 Å². The first-order valence-electron chi connectivity index (χ1n) is 6.23. The van der Waals surface area contributed by atoms with Crippen molar-refractivity contribution in [2.24, 2.45) is 0 Å². The number of nitrogen functional groups attached to an aromatic ring is 1. The molecule has 0 atom stereocenters. The van der Waals surface area contributed by atoms with E-state index in [4.69, 9.17) is 5.73 Å².